The smallest absolute Gasteiger partial charge is 0.310 e. The number of hydrogen-bond acceptors (Lipinski definition) is 2. The van der Waals surface area contributed by atoms with Crippen LogP contribution in [0.5, 0.6) is 0 Å². The van der Waals surface area contributed by atoms with E-state index in [0.29, 0.717) is 23.6 Å². The normalized spacial score (nSPS) is 16.9. The van der Waals surface area contributed by atoms with Crippen molar-refractivity contribution in [2.24, 2.45) is 5.41 Å². The van der Waals surface area contributed by atoms with E-state index in [4.69, 9.17) is 11.6 Å². The molecule has 0 saturated heterocycles. The second-order valence-corrected chi connectivity index (χ2v) is 5.84. The predicted molar refractivity (Wildman–Crippen MR) is 78.0 cm³/mol. The summed E-state index contributed by atoms with van der Waals surface area (Å²) in [6.45, 7) is 1.82. The van der Waals surface area contributed by atoms with Gasteiger partial charge in [-0.1, -0.05) is 30.5 Å². The lowest BCUT2D eigenvalue weighted by atomic mass is 9.82. The Balaban J connectivity index is 2.09. The van der Waals surface area contributed by atoms with Gasteiger partial charge in [0.25, 0.3) is 0 Å². The molecule has 0 aromatic heterocycles. The van der Waals surface area contributed by atoms with Crippen LogP contribution in [-0.4, -0.2) is 17.0 Å². The minimum atomic E-state index is -0.892. The topological polar surface area (TPSA) is 66.4 Å². The maximum absolute atomic E-state index is 12.1. The van der Waals surface area contributed by atoms with E-state index in [1.165, 1.54) is 0 Å². The lowest BCUT2D eigenvalue weighted by Crippen LogP contribution is -2.32. The fraction of sp³-hybridized carbons (Fsp3) is 0.467. The Labute approximate surface area is 123 Å². The Kier molecular flexibility index (Phi) is 4.33. The minimum Gasteiger partial charge on any atom is -0.481 e. The molecule has 0 heterocycles. The van der Waals surface area contributed by atoms with Crippen LogP contribution in [0.4, 0.5) is 5.69 Å². The van der Waals surface area contributed by atoms with E-state index < -0.39 is 11.4 Å². The zero-order valence-electron chi connectivity index (χ0n) is 11.4. The molecule has 0 atom stereocenters. The maximum Gasteiger partial charge on any atom is 0.310 e. The molecule has 2 rings (SSSR count). The average molecular weight is 296 g/mol. The largest absolute Gasteiger partial charge is 0.481 e. The van der Waals surface area contributed by atoms with Crippen LogP contribution in [0.25, 0.3) is 0 Å². The van der Waals surface area contributed by atoms with E-state index in [-0.39, 0.29) is 12.3 Å². The average Bonchev–Trinajstić information content (AvgIpc) is 2.85. The highest BCUT2D eigenvalue weighted by atomic mass is 35.5. The highest BCUT2D eigenvalue weighted by Gasteiger charge is 2.42. The number of anilines is 1. The first-order valence-electron chi connectivity index (χ1n) is 6.73. The third-order valence-electron chi connectivity index (χ3n) is 4.06. The van der Waals surface area contributed by atoms with Crippen molar-refractivity contribution in [3.8, 4) is 0 Å². The number of benzene rings is 1. The molecule has 1 fully saturated rings. The van der Waals surface area contributed by atoms with Gasteiger partial charge >= 0.3 is 5.97 Å². The van der Waals surface area contributed by atoms with Crippen molar-refractivity contribution in [1.29, 1.82) is 0 Å². The summed E-state index contributed by atoms with van der Waals surface area (Å²) in [5, 5.41) is 12.7. The van der Waals surface area contributed by atoms with Gasteiger partial charge in [0.15, 0.2) is 0 Å². The molecule has 1 saturated carbocycles. The van der Waals surface area contributed by atoms with Crippen LogP contribution < -0.4 is 5.32 Å². The predicted octanol–water partition coefficient (Wildman–Crippen LogP) is 3.62. The number of nitrogens with one attached hydrogen (secondary N) is 1. The number of halogens is 1. The number of carboxylic acid groups (broad SMARTS) is 1. The van der Waals surface area contributed by atoms with E-state index >= 15 is 0 Å². The molecule has 0 bridgehead atoms. The first kappa shape index (κ1) is 14.9. The molecule has 1 amide bonds. The summed E-state index contributed by atoms with van der Waals surface area (Å²) < 4.78 is 0. The number of carbonyl (C=O) groups excluding carboxylic acids is 1. The molecular weight excluding hydrogens is 278 g/mol. The maximum atomic E-state index is 12.1. The van der Waals surface area contributed by atoms with Crippen molar-refractivity contribution in [3.63, 3.8) is 0 Å². The first-order chi connectivity index (χ1) is 9.44. The van der Waals surface area contributed by atoms with Crippen LogP contribution in [0.15, 0.2) is 18.2 Å². The first-order valence-corrected chi connectivity index (χ1v) is 7.11. The molecular formula is C15H18ClNO3. The fourth-order valence-corrected chi connectivity index (χ4v) is 2.94. The van der Waals surface area contributed by atoms with Crippen molar-refractivity contribution in [2.75, 3.05) is 5.32 Å². The van der Waals surface area contributed by atoms with Crippen LogP contribution in [0.3, 0.4) is 0 Å². The Bertz CT molecular complexity index is 536. The summed E-state index contributed by atoms with van der Waals surface area (Å²) in [6, 6.07) is 5.27. The number of aliphatic carboxylic acids is 1. The summed E-state index contributed by atoms with van der Waals surface area (Å²) in [7, 11) is 0. The molecule has 1 aromatic carbocycles. The van der Waals surface area contributed by atoms with Gasteiger partial charge in [-0.2, -0.15) is 0 Å². The molecule has 4 nitrogen and oxygen atoms in total. The quantitative estimate of drug-likeness (QED) is 0.891. The van der Waals surface area contributed by atoms with Gasteiger partial charge in [0.05, 0.1) is 5.41 Å². The fourth-order valence-electron chi connectivity index (χ4n) is 2.76. The zero-order chi connectivity index (χ0) is 14.8. The van der Waals surface area contributed by atoms with Gasteiger partial charge in [-0.3, -0.25) is 9.59 Å². The molecule has 20 heavy (non-hydrogen) atoms. The van der Waals surface area contributed by atoms with Crippen molar-refractivity contribution < 1.29 is 14.7 Å². The number of hydrogen-bond donors (Lipinski definition) is 2. The van der Waals surface area contributed by atoms with E-state index in [1.807, 2.05) is 6.92 Å². The number of carbonyl (C=O) groups is 2. The second-order valence-electron chi connectivity index (χ2n) is 5.43. The Morgan fingerprint density at radius 3 is 2.60 bits per heavy atom. The number of carboxylic acids is 1. The molecule has 0 spiro atoms. The van der Waals surface area contributed by atoms with Gasteiger partial charge in [-0.25, -0.2) is 0 Å². The van der Waals surface area contributed by atoms with Crippen molar-refractivity contribution in [2.45, 2.75) is 39.0 Å². The standard InChI is InChI=1S/C15H18ClNO3/c1-10-11(16)5-4-6-12(10)17-13(18)9-15(14(19)20)7-2-3-8-15/h4-6H,2-3,7-9H2,1H3,(H,17,18)(H,19,20). The SMILES string of the molecule is Cc1c(Cl)cccc1NC(=O)CC1(C(=O)O)CCCC1. The minimum absolute atomic E-state index is 0.0221. The van der Waals surface area contributed by atoms with Gasteiger partial charge in [0.1, 0.15) is 0 Å². The van der Waals surface area contributed by atoms with Crippen LogP contribution in [0, 0.1) is 12.3 Å². The Hall–Kier alpha value is -1.55. The van der Waals surface area contributed by atoms with Crippen LogP contribution >= 0.6 is 11.6 Å². The molecule has 1 aromatic rings. The monoisotopic (exact) mass is 295 g/mol. The zero-order valence-corrected chi connectivity index (χ0v) is 12.2. The van der Waals surface area contributed by atoms with E-state index in [0.717, 1.165) is 18.4 Å². The van der Waals surface area contributed by atoms with E-state index in [1.54, 1.807) is 18.2 Å². The summed E-state index contributed by atoms with van der Waals surface area (Å²) in [5.41, 5.74) is 0.538. The van der Waals surface area contributed by atoms with Gasteiger partial charge in [-0.15, -0.1) is 0 Å². The molecule has 0 aliphatic heterocycles. The van der Waals surface area contributed by atoms with Gasteiger partial charge < -0.3 is 10.4 Å². The van der Waals surface area contributed by atoms with Crippen molar-refractivity contribution >= 4 is 29.2 Å². The summed E-state index contributed by atoms with van der Waals surface area (Å²) in [6.07, 6.45) is 2.91. The van der Waals surface area contributed by atoms with Crippen molar-refractivity contribution in [1.82, 2.24) is 0 Å². The highest BCUT2D eigenvalue weighted by Crippen LogP contribution is 2.41. The third-order valence-corrected chi connectivity index (χ3v) is 4.46. The summed E-state index contributed by atoms with van der Waals surface area (Å²) in [4.78, 5) is 23.6. The lowest BCUT2D eigenvalue weighted by Gasteiger charge is -2.23. The van der Waals surface area contributed by atoms with Gasteiger partial charge in [0.2, 0.25) is 5.91 Å². The highest BCUT2D eigenvalue weighted by molar-refractivity contribution is 6.31. The molecule has 1 aliphatic rings. The number of rotatable bonds is 4. The Morgan fingerprint density at radius 2 is 2.00 bits per heavy atom. The summed E-state index contributed by atoms with van der Waals surface area (Å²) >= 11 is 6.00. The van der Waals surface area contributed by atoms with E-state index in [9.17, 15) is 14.7 Å². The van der Waals surface area contributed by atoms with Crippen LogP contribution in [-0.2, 0) is 9.59 Å². The molecule has 1 aliphatic carbocycles. The number of amides is 1. The van der Waals surface area contributed by atoms with Crippen LogP contribution in [0.2, 0.25) is 5.02 Å². The lowest BCUT2D eigenvalue weighted by molar-refractivity contribution is -0.150. The van der Waals surface area contributed by atoms with Crippen molar-refractivity contribution in [3.05, 3.63) is 28.8 Å². The van der Waals surface area contributed by atoms with E-state index in [2.05, 4.69) is 5.32 Å². The molecule has 108 valence electrons. The second kappa shape index (κ2) is 5.83. The summed E-state index contributed by atoms with van der Waals surface area (Å²) in [5.74, 6) is -1.13. The third kappa shape index (κ3) is 2.96. The molecule has 0 unspecified atom stereocenters. The Morgan fingerprint density at radius 1 is 1.35 bits per heavy atom. The molecule has 5 heteroatoms. The van der Waals surface area contributed by atoms with Gasteiger partial charge in [-0.05, 0) is 37.5 Å². The van der Waals surface area contributed by atoms with Crippen LogP contribution in [0.1, 0.15) is 37.7 Å². The molecule has 0 radical (unpaired) electrons. The molecule has 2 N–H and O–H groups in total. The van der Waals surface area contributed by atoms with Gasteiger partial charge in [0, 0.05) is 17.1 Å².